The molecular weight excluding hydrogens is 387 g/mol. The van der Waals surface area contributed by atoms with E-state index in [0.717, 1.165) is 37.0 Å². The number of amides is 1. The number of carbonyl (C=O) groups is 2. The number of hydrogen-bond acceptors (Lipinski definition) is 4. The van der Waals surface area contributed by atoms with Gasteiger partial charge >= 0.3 is 12.1 Å². The number of carboxylic acid groups (broad SMARTS) is 1. The van der Waals surface area contributed by atoms with Crippen molar-refractivity contribution in [3.8, 4) is 0 Å². The molecule has 29 heavy (non-hydrogen) atoms. The molecule has 1 aliphatic rings. The second-order valence-electron chi connectivity index (χ2n) is 7.18. The number of carbonyl (C=O) groups excluding carboxylic acids is 1. The zero-order valence-corrected chi connectivity index (χ0v) is 16.0. The molecule has 158 valence electrons. The Morgan fingerprint density at radius 3 is 2.34 bits per heavy atom. The average Bonchev–Trinajstić information content (AvgIpc) is 2.63. The van der Waals surface area contributed by atoms with Gasteiger partial charge in [-0.1, -0.05) is 18.2 Å². The minimum absolute atomic E-state index is 0.178. The molecule has 0 aliphatic heterocycles. The lowest BCUT2D eigenvalue weighted by Crippen LogP contribution is -2.28. The summed E-state index contributed by atoms with van der Waals surface area (Å²) in [6, 6.07) is 10.8. The maximum absolute atomic E-state index is 11.0. The SMILES string of the molecule is Cc1cc(NC2CCC(CC(N)=O)CC2)nc2ccccc12.O=C(O)C(F)(F)F. The molecular formula is C20H24F3N3O3. The molecule has 0 atom stereocenters. The predicted molar refractivity (Wildman–Crippen MR) is 103 cm³/mol. The Hall–Kier alpha value is -2.84. The lowest BCUT2D eigenvalue weighted by Gasteiger charge is -2.29. The molecule has 1 fully saturated rings. The van der Waals surface area contributed by atoms with Crippen LogP contribution in [-0.4, -0.2) is 34.2 Å². The Morgan fingerprint density at radius 2 is 1.79 bits per heavy atom. The number of aryl methyl sites for hydroxylation is 1. The van der Waals surface area contributed by atoms with Crippen molar-refractivity contribution < 1.29 is 27.9 Å². The van der Waals surface area contributed by atoms with Crippen molar-refractivity contribution in [3.05, 3.63) is 35.9 Å². The second kappa shape index (κ2) is 9.58. The Bertz CT molecular complexity index is 863. The first kappa shape index (κ1) is 22.4. The highest BCUT2D eigenvalue weighted by atomic mass is 19.4. The van der Waals surface area contributed by atoms with Crippen LogP contribution in [0.2, 0.25) is 0 Å². The van der Waals surface area contributed by atoms with Crippen LogP contribution in [0.4, 0.5) is 19.0 Å². The lowest BCUT2D eigenvalue weighted by atomic mass is 9.84. The predicted octanol–water partition coefficient (Wildman–Crippen LogP) is 4.02. The Kier molecular flexibility index (Phi) is 7.41. The van der Waals surface area contributed by atoms with Gasteiger partial charge in [0.15, 0.2) is 0 Å². The molecule has 9 heteroatoms. The highest BCUT2D eigenvalue weighted by molar-refractivity contribution is 5.83. The minimum Gasteiger partial charge on any atom is -0.475 e. The first-order valence-corrected chi connectivity index (χ1v) is 9.27. The number of pyridine rings is 1. The van der Waals surface area contributed by atoms with E-state index in [9.17, 15) is 18.0 Å². The van der Waals surface area contributed by atoms with Gasteiger partial charge in [-0.05, 0) is 56.2 Å². The maximum Gasteiger partial charge on any atom is 0.490 e. The summed E-state index contributed by atoms with van der Waals surface area (Å²) in [5.74, 6) is -1.52. The molecule has 1 heterocycles. The van der Waals surface area contributed by atoms with Crippen molar-refractivity contribution in [2.24, 2.45) is 11.7 Å². The van der Waals surface area contributed by atoms with E-state index in [1.54, 1.807) is 0 Å². The largest absolute Gasteiger partial charge is 0.490 e. The van der Waals surface area contributed by atoms with Gasteiger partial charge in [0.2, 0.25) is 5.91 Å². The molecule has 0 radical (unpaired) electrons. The molecule has 0 unspecified atom stereocenters. The molecule has 2 aromatic rings. The van der Waals surface area contributed by atoms with E-state index in [2.05, 4.69) is 30.4 Å². The van der Waals surface area contributed by atoms with Crippen LogP contribution < -0.4 is 11.1 Å². The number of nitrogens with one attached hydrogen (secondary N) is 1. The van der Waals surface area contributed by atoms with Crippen molar-refractivity contribution in [1.82, 2.24) is 4.98 Å². The summed E-state index contributed by atoms with van der Waals surface area (Å²) in [6.07, 6.45) is -0.280. The number of benzene rings is 1. The van der Waals surface area contributed by atoms with Crippen LogP contribution in [-0.2, 0) is 9.59 Å². The molecule has 1 aromatic heterocycles. The first-order valence-electron chi connectivity index (χ1n) is 9.27. The van der Waals surface area contributed by atoms with E-state index in [1.165, 1.54) is 10.9 Å². The van der Waals surface area contributed by atoms with Crippen LogP contribution in [0.3, 0.4) is 0 Å². The van der Waals surface area contributed by atoms with Crippen LogP contribution in [0, 0.1) is 12.8 Å². The van der Waals surface area contributed by atoms with Crippen molar-refractivity contribution >= 4 is 28.6 Å². The Labute approximate surface area is 166 Å². The van der Waals surface area contributed by atoms with Crippen LogP contribution in [0.1, 0.15) is 37.7 Å². The standard InChI is InChI=1S/C18H23N3O.C2HF3O2/c1-12-10-18(21-16-5-3-2-4-15(12)16)20-14-8-6-13(7-9-14)11-17(19)22;3-2(4,5)1(6)7/h2-5,10,13-14H,6-9,11H2,1H3,(H2,19,22)(H,20,21);(H,6,7). The number of aliphatic carboxylic acids is 1. The number of carboxylic acids is 1. The smallest absolute Gasteiger partial charge is 0.475 e. The summed E-state index contributed by atoms with van der Waals surface area (Å²) in [5, 5.41) is 11.9. The van der Waals surface area contributed by atoms with Gasteiger partial charge in [0.25, 0.3) is 0 Å². The summed E-state index contributed by atoms with van der Waals surface area (Å²) < 4.78 is 31.7. The average molecular weight is 411 g/mol. The number of primary amides is 1. The third-order valence-corrected chi connectivity index (χ3v) is 4.85. The van der Waals surface area contributed by atoms with Gasteiger partial charge in [0.05, 0.1) is 5.52 Å². The van der Waals surface area contributed by atoms with Gasteiger partial charge in [-0.3, -0.25) is 4.79 Å². The quantitative estimate of drug-likeness (QED) is 0.705. The number of anilines is 1. The third-order valence-electron chi connectivity index (χ3n) is 4.85. The van der Waals surface area contributed by atoms with Gasteiger partial charge < -0.3 is 16.2 Å². The normalized spacial score (nSPS) is 19.2. The topological polar surface area (TPSA) is 105 Å². The maximum atomic E-state index is 11.0. The van der Waals surface area contributed by atoms with E-state index in [1.807, 2.05) is 12.1 Å². The minimum atomic E-state index is -5.08. The number of rotatable bonds is 4. The fraction of sp³-hybridized carbons (Fsp3) is 0.450. The number of nitrogens with zero attached hydrogens (tertiary/aromatic N) is 1. The highest BCUT2D eigenvalue weighted by Crippen LogP contribution is 2.29. The van der Waals surface area contributed by atoms with Gasteiger partial charge in [-0.15, -0.1) is 0 Å². The van der Waals surface area contributed by atoms with E-state index in [-0.39, 0.29) is 5.91 Å². The van der Waals surface area contributed by atoms with E-state index in [4.69, 9.17) is 20.6 Å². The van der Waals surface area contributed by atoms with Gasteiger partial charge in [0.1, 0.15) is 5.82 Å². The van der Waals surface area contributed by atoms with Crippen LogP contribution in [0.25, 0.3) is 10.9 Å². The van der Waals surface area contributed by atoms with Crippen LogP contribution in [0.15, 0.2) is 30.3 Å². The summed E-state index contributed by atoms with van der Waals surface area (Å²) in [5.41, 5.74) is 7.57. The van der Waals surface area contributed by atoms with Crippen LogP contribution >= 0.6 is 0 Å². The lowest BCUT2D eigenvalue weighted by molar-refractivity contribution is -0.192. The van der Waals surface area contributed by atoms with Gasteiger partial charge in [-0.2, -0.15) is 13.2 Å². The molecule has 1 aromatic carbocycles. The molecule has 0 bridgehead atoms. The number of alkyl halides is 3. The Balaban J connectivity index is 0.000000370. The number of hydrogen-bond donors (Lipinski definition) is 3. The molecule has 3 rings (SSSR count). The third kappa shape index (κ3) is 6.92. The number of aromatic nitrogens is 1. The molecule has 1 saturated carbocycles. The van der Waals surface area contributed by atoms with Crippen molar-refractivity contribution in [2.45, 2.75) is 51.2 Å². The van der Waals surface area contributed by atoms with Crippen molar-refractivity contribution in [3.63, 3.8) is 0 Å². The number of nitrogens with two attached hydrogens (primary N) is 1. The van der Waals surface area contributed by atoms with Crippen molar-refractivity contribution in [2.75, 3.05) is 5.32 Å². The summed E-state index contributed by atoms with van der Waals surface area (Å²) in [7, 11) is 0. The summed E-state index contributed by atoms with van der Waals surface area (Å²) in [6.45, 7) is 2.12. The molecule has 4 N–H and O–H groups in total. The first-order chi connectivity index (χ1) is 13.6. The molecule has 0 spiro atoms. The molecule has 1 aliphatic carbocycles. The van der Waals surface area contributed by atoms with Crippen LogP contribution in [0.5, 0.6) is 0 Å². The fourth-order valence-corrected chi connectivity index (χ4v) is 3.43. The molecule has 1 amide bonds. The zero-order chi connectivity index (χ0) is 21.6. The fourth-order valence-electron chi connectivity index (χ4n) is 3.43. The summed E-state index contributed by atoms with van der Waals surface area (Å²) >= 11 is 0. The van der Waals surface area contributed by atoms with Gasteiger partial charge in [-0.25, -0.2) is 9.78 Å². The molecule has 0 saturated heterocycles. The van der Waals surface area contributed by atoms with Gasteiger partial charge in [0, 0.05) is 17.8 Å². The number of para-hydroxylation sites is 1. The van der Waals surface area contributed by atoms with E-state index in [0.29, 0.717) is 18.4 Å². The van der Waals surface area contributed by atoms with E-state index >= 15 is 0 Å². The Morgan fingerprint density at radius 1 is 1.21 bits per heavy atom. The highest BCUT2D eigenvalue weighted by Gasteiger charge is 2.38. The van der Waals surface area contributed by atoms with Crippen molar-refractivity contribution in [1.29, 1.82) is 0 Å². The molecule has 6 nitrogen and oxygen atoms in total. The second-order valence-corrected chi connectivity index (χ2v) is 7.18. The zero-order valence-electron chi connectivity index (χ0n) is 16.0. The van der Waals surface area contributed by atoms with E-state index < -0.39 is 12.1 Å². The number of halogens is 3. The monoisotopic (exact) mass is 411 g/mol. The number of fused-ring (bicyclic) bond motifs is 1. The summed E-state index contributed by atoms with van der Waals surface area (Å²) in [4.78, 5) is 24.6.